The first-order chi connectivity index (χ1) is 14.1. The maximum atomic E-state index is 2.80. The Kier molecular flexibility index (Phi) is 7.33. The number of rotatable bonds is 5. The summed E-state index contributed by atoms with van der Waals surface area (Å²) in [6, 6.07) is 0. The number of nitrogens with zero attached hydrogens (tertiary/aromatic N) is 3. The second-order valence-corrected chi connectivity index (χ2v) is 14.6. The van der Waals surface area contributed by atoms with Crippen molar-refractivity contribution < 1.29 is 0 Å². The number of likely N-dealkylation sites (tertiary alicyclic amines) is 1. The molecule has 0 bridgehead atoms. The molecule has 0 N–H and O–H groups in total. The van der Waals surface area contributed by atoms with E-state index in [-0.39, 0.29) is 0 Å². The van der Waals surface area contributed by atoms with Crippen molar-refractivity contribution in [3.63, 3.8) is 0 Å². The van der Waals surface area contributed by atoms with E-state index in [4.69, 9.17) is 0 Å². The molecule has 2 aliphatic heterocycles. The van der Waals surface area contributed by atoms with Crippen LogP contribution in [0, 0.1) is 23.2 Å². The molecular formula is C28H55N3. The van der Waals surface area contributed by atoms with Gasteiger partial charge >= 0.3 is 0 Å². The first kappa shape index (κ1) is 25.5. The van der Waals surface area contributed by atoms with Crippen LogP contribution in [0.1, 0.15) is 101 Å². The zero-order chi connectivity index (χ0) is 23.2. The molecule has 0 spiro atoms. The molecule has 1 saturated carbocycles. The Morgan fingerprint density at radius 3 is 1.58 bits per heavy atom. The molecule has 3 rings (SSSR count). The van der Waals surface area contributed by atoms with E-state index < -0.39 is 0 Å². The maximum Gasteiger partial charge on any atom is 0.0154 e. The summed E-state index contributed by atoms with van der Waals surface area (Å²) in [6.07, 6.45) is 6.94. The summed E-state index contributed by atoms with van der Waals surface area (Å²) in [6.45, 7) is 32.1. The number of fused-ring (bicyclic) bond motifs is 1. The molecule has 0 amide bonds. The van der Waals surface area contributed by atoms with E-state index in [1.165, 1.54) is 71.4 Å². The maximum absolute atomic E-state index is 2.80. The first-order valence-electron chi connectivity index (χ1n) is 13.3. The van der Waals surface area contributed by atoms with Crippen molar-refractivity contribution in [3.8, 4) is 0 Å². The van der Waals surface area contributed by atoms with Gasteiger partial charge in [-0.1, -0.05) is 13.8 Å². The Hall–Kier alpha value is -0.120. The monoisotopic (exact) mass is 433 g/mol. The summed E-state index contributed by atoms with van der Waals surface area (Å²) < 4.78 is 0. The summed E-state index contributed by atoms with van der Waals surface area (Å²) in [5.41, 5.74) is 1.42. The van der Waals surface area contributed by atoms with Crippen molar-refractivity contribution in [1.29, 1.82) is 0 Å². The Bertz CT molecular complexity index is 580. The molecule has 3 heteroatoms. The van der Waals surface area contributed by atoms with E-state index in [0.717, 1.165) is 17.8 Å². The van der Waals surface area contributed by atoms with Gasteiger partial charge in [0.2, 0.25) is 0 Å². The van der Waals surface area contributed by atoms with Crippen molar-refractivity contribution in [3.05, 3.63) is 0 Å². The Balaban J connectivity index is 1.52. The lowest BCUT2D eigenvalue weighted by atomic mass is 9.72. The van der Waals surface area contributed by atoms with E-state index in [1.54, 1.807) is 0 Å². The van der Waals surface area contributed by atoms with E-state index in [9.17, 15) is 0 Å². The van der Waals surface area contributed by atoms with E-state index in [2.05, 4.69) is 83.9 Å². The van der Waals surface area contributed by atoms with Crippen LogP contribution < -0.4 is 0 Å². The van der Waals surface area contributed by atoms with Crippen LogP contribution in [-0.2, 0) is 0 Å². The minimum atomic E-state index is 0.297. The molecule has 182 valence electrons. The minimum absolute atomic E-state index is 0.297. The lowest BCUT2D eigenvalue weighted by Crippen LogP contribution is -2.48. The van der Waals surface area contributed by atoms with Gasteiger partial charge in [0.05, 0.1) is 0 Å². The number of hydrogen-bond donors (Lipinski definition) is 0. The smallest absolute Gasteiger partial charge is 0.0154 e. The predicted octanol–water partition coefficient (Wildman–Crippen LogP) is 6.13. The second-order valence-electron chi connectivity index (χ2n) is 14.6. The van der Waals surface area contributed by atoms with Crippen LogP contribution in [0.15, 0.2) is 0 Å². The van der Waals surface area contributed by atoms with Gasteiger partial charge in [-0.3, -0.25) is 14.7 Å². The average Bonchev–Trinajstić information content (AvgIpc) is 3.09. The zero-order valence-corrected chi connectivity index (χ0v) is 22.9. The highest BCUT2D eigenvalue weighted by molar-refractivity contribution is 4.99. The molecule has 2 unspecified atom stereocenters. The van der Waals surface area contributed by atoms with Gasteiger partial charge in [-0.05, 0) is 124 Å². The van der Waals surface area contributed by atoms with Gasteiger partial charge < -0.3 is 0 Å². The molecule has 3 fully saturated rings. The zero-order valence-electron chi connectivity index (χ0n) is 22.9. The number of hydrogen-bond acceptors (Lipinski definition) is 3. The van der Waals surface area contributed by atoms with E-state index in [1.807, 2.05) is 0 Å². The van der Waals surface area contributed by atoms with Gasteiger partial charge in [-0.2, -0.15) is 0 Å². The summed E-state index contributed by atoms with van der Waals surface area (Å²) in [7, 11) is 0. The van der Waals surface area contributed by atoms with Gasteiger partial charge in [0.1, 0.15) is 0 Å². The Morgan fingerprint density at radius 2 is 1.06 bits per heavy atom. The predicted molar refractivity (Wildman–Crippen MR) is 136 cm³/mol. The highest BCUT2D eigenvalue weighted by Gasteiger charge is 2.47. The average molecular weight is 434 g/mol. The van der Waals surface area contributed by atoms with Crippen LogP contribution in [0.4, 0.5) is 0 Å². The van der Waals surface area contributed by atoms with E-state index in [0.29, 0.717) is 22.0 Å². The highest BCUT2D eigenvalue weighted by Crippen LogP contribution is 2.51. The highest BCUT2D eigenvalue weighted by atomic mass is 15.3. The molecule has 3 nitrogen and oxygen atoms in total. The van der Waals surface area contributed by atoms with Gasteiger partial charge in [0, 0.05) is 42.8 Å². The molecule has 1 aliphatic carbocycles. The van der Waals surface area contributed by atoms with Crippen LogP contribution in [0.25, 0.3) is 0 Å². The molecule has 0 aromatic carbocycles. The fourth-order valence-electron chi connectivity index (χ4n) is 6.67. The normalized spacial score (nSPS) is 30.6. The van der Waals surface area contributed by atoms with Gasteiger partial charge in [0.25, 0.3) is 0 Å². The van der Waals surface area contributed by atoms with Crippen molar-refractivity contribution in [1.82, 2.24) is 14.7 Å². The molecule has 0 radical (unpaired) electrons. The summed E-state index contributed by atoms with van der Waals surface area (Å²) >= 11 is 0. The third kappa shape index (κ3) is 6.07. The topological polar surface area (TPSA) is 9.72 Å². The fourth-order valence-corrected chi connectivity index (χ4v) is 6.67. The summed E-state index contributed by atoms with van der Waals surface area (Å²) in [5.74, 6) is 2.82. The molecule has 0 aromatic heterocycles. The van der Waals surface area contributed by atoms with Crippen molar-refractivity contribution >= 4 is 0 Å². The van der Waals surface area contributed by atoms with Crippen molar-refractivity contribution in [2.24, 2.45) is 23.2 Å². The Morgan fingerprint density at radius 1 is 0.581 bits per heavy atom. The third-order valence-electron chi connectivity index (χ3n) is 9.49. The molecule has 2 saturated heterocycles. The Labute approximate surface area is 195 Å². The molecule has 0 aromatic rings. The standard InChI is InChI=1S/C28H55N3/c1-25(2,3)29-14-11-15-30(17-16-29)28(9,10)13-12-27(7,8)24-18-22-20-31(26(4,5)6)21-23(22)19-24/h22-24H,11-21H2,1-10H3. The van der Waals surface area contributed by atoms with Crippen LogP contribution in [0.5, 0.6) is 0 Å². The molecule has 2 atom stereocenters. The van der Waals surface area contributed by atoms with Gasteiger partial charge in [0.15, 0.2) is 0 Å². The molecular weight excluding hydrogens is 378 g/mol. The van der Waals surface area contributed by atoms with E-state index >= 15 is 0 Å². The van der Waals surface area contributed by atoms with Crippen LogP contribution >= 0.6 is 0 Å². The second kappa shape index (κ2) is 8.91. The third-order valence-corrected chi connectivity index (χ3v) is 9.49. The first-order valence-corrected chi connectivity index (χ1v) is 13.3. The molecule has 3 aliphatic rings. The lowest BCUT2D eigenvalue weighted by Gasteiger charge is -2.42. The molecule has 2 heterocycles. The van der Waals surface area contributed by atoms with Crippen molar-refractivity contribution in [2.45, 2.75) is 118 Å². The van der Waals surface area contributed by atoms with Crippen LogP contribution in [0.2, 0.25) is 0 Å². The van der Waals surface area contributed by atoms with Crippen molar-refractivity contribution in [2.75, 3.05) is 39.3 Å². The largest absolute Gasteiger partial charge is 0.298 e. The quantitative estimate of drug-likeness (QED) is 0.516. The van der Waals surface area contributed by atoms with Crippen LogP contribution in [0.3, 0.4) is 0 Å². The van der Waals surface area contributed by atoms with Gasteiger partial charge in [-0.15, -0.1) is 0 Å². The minimum Gasteiger partial charge on any atom is -0.298 e. The van der Waals surface area contributed by atoms with Crippen LogP contribution in [-0.4, -0.2) is 70.6 Å². The van der Waals surface area contributed by atoms with Gasteiger partial charge in [-0.25, -0.2) is 0 Å². The fraction of sp³-hybridized carbons (Fsp3) is 1.00. The molecule has 31 heavy (non-hydrogen) atoms. The lowest BCUT2D eigenvalue weighted by molar-refractivity contribution is 0.0757. The summed E-state index contributed by atoms with van der Waals surface area (Å²) in [5, 5.41) is 0. The summed E-state index contributed by atoms with van der Waals surface area (Å²) in [4.78, 5) is 8.24. The SMILES string of the molecule is CC(C)(CCC(C)(C)N1CCCN(C(C)(C)C)CC1)C1CC2CN(C(C)(C)C)CC2C1.